The number of hydrogen-bond acceptors (Lipinski definition) is 11. The predicted molar refractivity (Wildman–Crippen MR) is 123 cm³/mol. The van der Waals surface area contributed by atoms with Crippen molar-refractivity contribution in [1.29, 1.82) is 0 Å². The number of aliphatic hydroxyl groups excluding tert-OH is 2. The van der Waals surface area contributed by atoms with E-state index in [0.29, 0.717) is 0 Å². The summed E-state index contributed by atoms with van der Waals surface area (Å²) in [6.45, 7) is 0.367. The molecule has 4 rings (SSSR count). The van der Waals surface area contributed by atoms with E-state index < -0.39 is 74.8 Å². The van der Waals surface area contributed by atoms with Crippen molar-refractivity contribution >= 4 is 20.0 Å². The fraction of sp³-hybridized carbons (Fsp3) is 0.579. The van der Waals surface area contributed by atoms with Crippen LogP contribution in [0.5, 0.6) is 0 Å². The lowest BCUT2D eigenvalue weighted by Gasteiger charge is -2.21. The van der Waals surface area contributed by atoms with Crippen molar-refractivity contribution in [3.8, 4) is 0 Å². The summed E-state index contributed by atoms with van der Waals surface area (Å²) in [4.78, 5) is 50.6. The molecule has 2 fully saturated rings. The summed E-state index contributed by atoms with van der Waals surface area (Å²) in [6.07, 6.45) is -3.58. The van der Waals surface area contributed by atoms with Crippen molar-refractivity contribution in [2.75, 3.05) is 13.2 Å². The number of ether oxygens (including phenoxy) is 2. The number of phosphoric acid groups is 1. The maximum atomic E-state index is 12.6. The number of aryl methyl sites for hydroxylation is 1. The van der Waals surface area contributed by atoms with Crippen molar-refractivity contribution in [2.24, 2.45) is 0 Å². The first-order valence-corrected chi connectivity index (χ1v) is 12.8. The highest BCUT2D eigenvalue weighted by Gasteiger charge is 2.43. The zero-order valence-electron chi connectivity index (χ0n) is 18.9. The predicted octanol–water partition coefficient (Wildman–Crippen LogP) is -0.805. The zero-order chi connectivity index (χ0) is 26.2. The van der Waals surface area contributed by atoms with Gasteiger partial charge in [0.05, 0.1) is 19.3 Å². The average Bonchev–Trinajstić information content (AvgIpc) is 3.37. The van der Waals surface area contributed by atoms with E-state index in [1.165, 1.54) is 30.0 Å². The summed E-state index contributed by atoms with van der Waals surface area (Å²) in [7, 11) is -4.74. The van der Waals surface area contributed by atoms with Crippen LogP contribution in [-0.4, -0.2) is 71.8 Å². The molecule has 0 radical (unpaired) electrons. The molecule has 4 heterocycles. The van der Waals surface area contributed by atoms with Crippen LogP contribution in [0.1, 0.15) is 30.9 Å². The quantitative estimate of drug-likeness (QED) is 0.203. The lowest BCUT2D eigenvalue weighted by Crippen LogP contribution is -2.33. The first-order valence-electron chi connectivity index (χ1n) is 10.9. The lowest BCUT2D eigenvalue weighted by atomic mass is 10.2. The normalized spacial score (nSPS) is 29.9. The topological polar surface area (TPSA) is 207 Å². The maximum Gasteiger partial charge on any atom is 0.472 e. The van der Waals surface area contributed by atoms with Crippen molar-refractivity contribution in [2.45, 2.75) is 56.6 Å². The van der Waals surface area contributed by atoms with Crippen LogP contribution >= 0.6 is 20.0 Å². The minimum absolute atomic E-state index is 0.0210. The second kappa shape index (κ2) is 10.6. The van der Waals surface area contributed by atoms with Gasteiger partial charge in [0.25, 0.3) is 5.56 Å². The van der Waals surface area contributed by atoms with Gasteiger partial charge < -0.3 is 24.6 Å². The average molecular weight is 548 g/mol. The van der Waals surface area contributed by atoms with Crippen LogP contribution in [0.15, 0.2) is 32.8 Å². The maximum absolute atomic E-state index is 12.6. The number of nitrogens with zero attached hydrogens (tertiary/aromatic N) is 2. The molecule has 1 unspecified atom stereocenters. The van der Waals surface area contributed by atoms with Crippen molar-refractivity contribution in [3.05, 3.63) is 60.0 Å². The third kappa shape index (κ3) is 5.82. The number of aromatic nitrogens is 4. The number of phosphoric ester groups is 1. The molecular formula is C19H25N4O11PS. The van der Waals surface area contributed by atoms with E-state index in [1.54, 1.807) is 0 Å². The molecule has 36 heavy (non-hydrogen) atoms. The number of aromatic amines is 2. The Balaban J connectivity index is 1.38. The molecule has 5 N–H and O–H groups in total. The van der Waals surface area contributed by atoms with Crippen LogP contribution in [0, 0.1) is 11.6 Å². The van der Waals surface area contributed by atoms with Gasteiger partial charge >= 0.3 is 19.2 Å². The standard InChI is InChI=1S/C19H25N4O11PS/c1-9-6-23(19(28)21-17(9)26)16-5-11(12(7-24)32-16)34-35(29,30)31-8-13-10(25)4-15(33-13)22-3-2-14(36)20-18(22)27/h2-3,6,10-13,15-16,24-25H,4-5,7-8H2,1H3,(H,29,30)(H,20,27,36)(H,21,26,28)/t10-,11-,12+,13+,15+,16+/m0/s1. The molecule has 2 aromatic heterocycles. The van der Waals surface area contributed by atoms with E-state index in [-0.39, 0.29) is 23.0 Å². The number of hydrogen-bond donors (Lipinski definition) is 5. The molecule has 0 aliphatic carbocycles. The van der Waals surface area contributed by atoms with Gasteiger partial charge in [-0.2, -0.15) is 0 Å². The summed E-state index contributed by atoms with van der Waals surface area (Å²) in [6, 6.07) is 1.48. The van der Waals surface area contributed by atoms with Gasteiger partial charge in [0, 0.05) is 30.8 Å². The molecule has 17 heteroatoms. The van der Waals surface area contributed by atoms with E-state index in [2.05, 4.69) is 9.97 Å². The molecule has 7 atom stereocenters. The van der Waals surface area contributed by atoms with Gasteiger partial charge in [-0.05, 0) is 13.0 Å². The van der Waals surface area contributed by atoms with Crippen LogP contribution in [0.25, 0.3) is 0 Å². The lowest BCUT2D eigenvalue weighted by molar-refractivity contribution is -0.0575. The number of aliphatic hydroxyl groups is 2. The Hall–Kier alpha value is -2.27. The van der Waals surface area contributed by atoms with Crippen LogP contribution in [-0.2, 0) is 23.1 Å². The molecule has 0 bridgehead atoms. The van der Waals surface area contributed by atoms with E-state index >= 15 is 0 Å². The summed E-state index contributed by atoms with van der Waals surface area (Å²) in [5.41, 5.74) is -1.61. The molecule has 2 saturated heterocycles. The molecule has 2 aliphatic heterocycles. The fourth-order valence-electron chi connectivity index (χ4n) is 4.01. The highest BCUT2D eigenvalue weighted by molar-refractivity contribution is 7.71. The molecule has 0 amide bonds. The van der Waals surface area contributed by atoms with Gasteiger partial charge in [0.1, 0.15) is 35.4 Å². The Labute approximate surface area is 207 Å². The molecule has 0 spiro atoms. The van der Waals surface area contributed by atoms with E-state index in [1.807, 2.05) is 0 Å². The van der Waals surface area contributed by atoms with Gasteiger partial charge in [-0.15, -0.1) is 0 Å². The highest BCUT2D eigenvalue weighted by Crippen LogP contribution is 2.48. The summed E-state index contributed by atoms with van der Waals surface area (Å²) >= 11 is 4.88. The van der Waals surface area contributed by atoms with Gasteiger partial charge in [0.15, 0.2) is 0 Å². The van der Waals surface area contributed by atoms with E-state index in [4.69, 9.17) is 30.7 Å². The molecule has 198 valence electrons. The largest absolute Gasteiger partial charge is 0.472 e. The molecule has 15 nitrogen and oxygen atoms in total. The van der Waals surface area contributed by atoms with Gasteiger partial charge in [-0.25, -0.2) is 14.2 Å². The van der Waals surface area contributed by atoms with Crippen molar-refractivity contribution in [3.63, 3.8) is 0 Å². The monoisotopic (exact) mass is 548 g/mol. The van der Waals surface area contributed by atoms with Crippen molar-refractivity contribution < 1.29 is 38.2 Å². The molecular weight excluding hydrogens is 523 g/mol. The van der Waals surface area contributed by atoms with Gasteiger partial charge in [0.2, 0.25) is 0 Å². The minimum atomic E-state index is -4.74. The third-order valence-corrected chi connectivity index (χ3v) is 7.10. The zero-order valence-corrected chi connectivity index (χ0v) is 20.6. The van der Waals surface area contributed by atoms with Gasteiger partial charge in [-0.1, -0.05) is 12.2 Å². The summed E-state index contributed by atoms with van der Waals surface area (Å²) in [5.74, 6) is 0. The van der Waals surface area contributed by atoms with Crippen molar-refractivity contribution in [1.82, 2.24) is 19.1 Å². The summed E-state index contributed by atoms with van der Waals surface area (Å²) < 4.78 is 36.5. The van der Waals surface area contributed by atoms with Crippen LogP contribution in [0.4, 0.5) is 0 Å². The number of nitrogens with one attached hydrogen (secondary N) is 2. The molecule has 0 saturated carbocycles. The minimum Gasteiger partial charge on any atom is -0.394 e. The molecule has 0 aromatic carbocycles. The number of H-pyrrole nitrogens is 2. The Morgan fingerprint density at radius 2 is 1.81 bits per heavy atom. The SMILES string of the molecule is Cc1cn([C@H]2C[C@H](OP(=O)(O)OC[C@H]3O[C@@H](n4ccc(=S)[nH]c4=O)C[C@@H]3O)[C@@H](CO)O2)c(=O)[nH]c1=O. The molecule has 2 aliphatic rings. The van der Waals surface area contributed by atoms with Crippen LogP contribution in [0.2, 0.25) is 0 Å². The Morgan fingerprint density at radius 1 is 1.14 bits per heavy atom. The Kier molecular flexibility index (Phi) is 7.89. The fourth-order valence-corrected chi connectivity index (χ4v) is 5.11. The van der Waals surface area contributed by atoms with E-state index in [9.17, 15) is 34.1 Å². The second-order valence-electron chi connectivity index (χ2n) is 8.38. The summed E-state index contributed by atoms with van der Waals surface area (Å²) in [5, 5.41) is 19.9. The second-order valence-corrected chi connectivity index (χ2v) is 10.2. The Bertz CT molecular complexity index is 1390. The molecule has 2 aromatic rings. The van der Waals surface area contributed by atoms with Crippen LogP contribution in [0.3, 0.4) is 0 Å². The number of rotatable bonds is 8. The van der Waals surface area contributed by atoms with E-state index in [0.717, 1.165) is 4.57 Å². The first kappa shape index (κ1) is 26.8. The third-order valence-electron chi connectivity index (χ3n) is 5.85. The first-order chi connectivity index (χ1) is 17.0. The highest BCUT2D eigenvalue weighted by atomic mass is 32.1. The van der Waals surface area contributed by atoms with Crippen LogP contribution < -0.4 is 16.9 Å². The Morgan fingerprint density at radius 3 is 2.50 bits per heavy atom. The smallest absolute Gasteiger partial charge is 0.394 e. The van der Waals surface area contributed by atoms with Gasteiger partial charge in [-0.3, -0.25) is 32.9 Å².